The van der Waals surface area contributed by atoms with Crippen LogP contribution in [0.4, 0.5) is 5.69 Å². The lowest BCUT2D eigenvalue weighted by Crippen LogP contribution is -2.26. The van der Waals surface area contributed by atoms with Gasteiger partial charge in [0, 0.05) is 24.7 Å². The van der Waals surface area contributed by atoms with Gasteiger partial charge in [0.15, 0.2) is 0 Å². The summed E-state index contributed by atoms with van der Waals surface area (Å²) in [6.45, 7) is 2.20. The minimum Gasteiger partial charge on any atom is -0.371 e. The molecule has 1 aliphatic heterocycles. The van der Waals surface area contributed by atoms with E-state index in [1.807, 2.05) is 0 Å². The molecule has 0 spiro atoms. The Morgan fingerprint density at radius 2 is 1.91 bits per heavy atom. The van der Waals surface area contributed by atoms with E-state index in [0.717, 1.165) is 12.0 Å². The van der Waals surface area contributed by atoms with Crippen LogP contribution in [0, 0.1) is 0 Å². The molecule has 2 unspecified atom stereocenters. The summed E-state index contributed by atoms with van der Waals surface area (Å²) in [6.07, 6.45) is 6.40. The maximum Gasteiger partial charge on any atom is 0.0402 e. The van der Waals surface area contributed by atoms with Gasteiger partial charge in [0.1, 0.15) is 0 Å². The lowest BCUT2D eigenvalue weighted by molar-refractivity contribution is 0.625. The van der Waals surface area contributed by atoms with E-state index in [4.69, 9.17) is 0 Å². The van der Waals surface area contributed by atoms with Gasteiger partial charge in [0.05, 0.1) is 0 Å². The Balaban J connectivity index is 1.69. The van der Waals surface area contributed by atoms with Crippen LogP contribution in [-0.4, -0.2) is 13.1 Å². The lowest BCUT2D eigenvalue weighted by Gasteiger charge is -2.21. The minimum absolute atomic E-state index is 0.740. The van der Waals surface area contributed by atoms with Gasteiger partial charge in [0.25, 0.3) is 0 Å². The summed E-state index contributed by atoms with van der Waals surface area (Å²) in [7, 11) is 2.26. The molecule has 4 rings (SSSR count). The molecule has 0 bridgehead atoms. The molecular formula is C21H23N. The number of rotatable bonds is 2. The first-order valence-electron chi connectivity index (χ1n) is 8.34. The average molecular weight is 289 g/mol. The molecule has 0 aromatic heterocycles. The molecule has 0 amide bonds. The van der Waals surface area contributed by atoms with Crippen molar-refractivity contribution in [2.45, 2.75) is 38.1 Å². The second-order valence-electron chi connectivity index (χ2n) is 6.73. The third-order valence-electron chi connectivity index (χ3n) is 5.42. The number of fused-ring (bicyclic) bond motifs is 3. The SMILES string of the molecule is C/C(=C/c1ccc2c(c1)C1CCCC1N2C)c1ccccc1. The predicted molar refractivity (Wildman–Crippen MR) is 95.2 cm³/mol. The van der Waals surface area contributed by atoms with E-state index in [0.29, 0.717) is 0 Å². The van der Waals surface area contributed by atoms with Crippen LogP contribution >= 0.6 is 0 Å². The molecule has 0 radical (unpaired) electrons. The van der Waals surface area contributed by atoms with Crippen molar-refractivity contribution in [1.29, 1.82) is 0 Å². The first-order chi connectivity index (χ1) is 10.7. The molecule has 112 valence electrons. The van der Waals surface area contributed by atoms with Crippen LogP contribution < -0.4 is 4.90 Å². The van der Waals surface area contributed by atoms with E-state index < -0.39 is 0 Å². The minimum atomic E-state index is 0.740. The topological polar surface area (TPSA) is 3.24 Å². The largest absolute Gasteiger partial charge is 0.371 e. The van der Waals surface area contributed by atoms with E-state index >= 15 is 0 Å². The van der Waals surface area contributed by atoms with Crippen molar-refractivity contribution in [1.82, 2.24) is 0 Å². The Kier molecular flexibility index (Phi) is 3.29. The van der Waals surface area contributed by atoms with Crippen molar-refractivity contribution in [2.75, 3.05) is 11.9 Å². The van der Waals surface area contributed by atoms with E-state index in [2.05, 4.69) is 73.5 Å². The molecule has 1 fully saturated rings. The van der Waals surface area contributed by atoms with Crippen molar-refractivity contribution < 1.29 is 0 Å². The first-order valence-corrected chi connectivity index (χ1v) is 8.34. The standard InChI is InChI=1S/C21H23N/c1-15(17-7-4-3-5-8-17)13-16-11-12-21-19(14-16)18-9-6-10-20(18)22(21)2/h3-5,7-8,11-14,18,20H,6,9-10H2,1-2H3/b15-13-. The monoisotopic (exact) mass is 289 g/mol. The zero-order valence-corrected chi connectivity index (χ0v) is 13.4. The van der Waals surface area contributed by atoms with Crippen LogP contribution in [0.1, 0.15) is 48.8 Å². The molecule has 2 aromatic carbocycles. The Morgan fingerprint density at radius 1 is 1.09 bits per heavy atom. The van der Waals surface area contributed by atoms with E-state index in [-0.39, 0.29) is 0 Å². The molecule has 1 heteroatoms. The predicted octanol–water partition coefficient (Wildman–Crippen LogP) is 5.33. The van der Waals surface area contributed by atoms with Crippen molar-refractivity contribution in [3.63, 3.8) is 0 Å². The van der Waals surface area contributed by atoms with Gasteiger partial charge in [-0.1, -0.05) is 48.9 Å². The van der Waals surface area contributed by atoms with Crippen molar-refractivity contribution in [3.05, 3.63) is 65.2 Å². The van der Waals surface area contributed by atoms with Crippen molar-refractivity contribution >= 4 is 17.3 Å². The summed E-state index contributed by atoms with van der Waals surface area (Å²) in [6, 6.07) is 18.4. The number of allylic oxidation sites excluding steroid dienone is 1. The molecule has 22 heavy (non-hydrogen) atoms. The number of benzene rings is 2. The Bertz CT molecular complexity index is 714. The zero-order chi connectivity index (χ0) is 15.1. The molecule has 1 nitrogen and oxygen atoms in total. The Hall–Kier alpha value is -2.02. The van der Waals surface area contributed by atoms with E-state index in [1.165, 1.54) is 41.6 Å². The van der Waals surface area contributed by atoms with Crippen LogP contribution in [-0.2, 0) is 0 Å². The zero-order valence-electron chi connectivity index (χ0n) is 13.4. The summed E-state index contributed by atoms with van der Waals surface area (Å²) in [5.74, 6) is 0.755. The highest BCUT2D eigenvalue weighted by Gasteiger charge is 2.39. The maximum atomic E-state index is 2.50. The van der Waals surface area contributed by atoms with E-state index in [1.54, 1.807) is 5.56 Å². The highest BCUT2D eigenvalue weighted by Crippen LogP contribution is 2.48. The van der Waals surface area contributed by atoms with Crippen LogP contribution in [0.25, 0.3) is 11.6 Å². The fraction of sp³-hybridized carbons (Fsp3) is 0.333. The van der Waals surface area contributed by atoms with E-state index in [9.17, 15) is 0 Å². The molecule has 0 N–H and O–H groups in total. The van der Waals surface area contributed by atoms with Crippen LogP contribution in [0.3, 0.4) is 0 Å². The number of hydrogen-bond acceptors (Lipinski definition) is 1. The molecule has 2 aromatic rings. The smallest absolute Gasteiger partial charge is 0.0402 e. The van der Waals surface area contributed by atoms with Gasteiger partial charge in [-0.05, 0) is 54.2 Å². The average Bonchev–Trinajstić information content (AvgIpc) is 3.12. The highest BCUT2D eigenvalue weighted by atomic mass is 15.2. The summed E-state index contributed by atoms with van der Waals surface area (Å²) >= 11 is 0. The summed E-state index contributed by atoms with van der Waals surface area (Å²) in [4.78, 5) is 2.50. The summed E-state index contributed by atoms with van der Waals surface area (Å²) in [5, 5.41) is 0. The van der Waals surface area contributed by atoms with Crippen LogP contribution in [0.5, 0.6) is 0 Å². The van der Waals surface area contributed by atoms with Gasteiger partial charge in [-0.2, -0.15) is 0 Å². The van der Waals surface area contributed by atoms with Gasteiger partial charge in [-0.3, -0.25) is 0 Å². The van der Waals surface area contributed by atoms with Gasteiger partial charge >= 0.3 is 0 Å². The van der Waals surface area contributed by atoms with Gasteiger partial charge in [-0.25, -0.2) is 0 Å². The summed E-state index contributed by atoms with van der Waals surface area (Å²) < 4.78 is 0. The molecule has 0 saturated heterocycles. The first kappa shape index (κ1) is 13.6. The molecule has 2 atom stereocenters. The molecule has 2 aliphatic rings. The molecule has 1 heterocycles. The molecule has 1 aliphatic carbocycles. The fourth-order valence-corrected chi connectivity index (χ4v) is 4.26. The molecule has 1 saturated carbocycles. The Morgan fingerprint density at radius 3 is 2.73 bits per heavy atom. The summed E-state index contributed by atoms with van der Waals surface area (Å²) in [5.41, 5.74) is 6.98. The van der Waals surface area contributed by atoms with Gasteiger partial charge in [0.2, 0.25) is 0 Å². The third kappa shape index (κ3) is 2.16. The number of anilines is 1. The fourth-order valence-electron chi connectivity index (χ4n) is 4.26. The second kappa shape index (κ2) is 5.31. The number of likely N-dealkylation sites (N-methyl/N-ethyl adjacent to an activating group) is 1. The number of hydrogen-bond donors (Lipinski definition) is 0. The third-order valence-corrected chi connectivity index (χ3v) is 5.42. The van der Waals surface area contributed by atoms with Gasteiger partial charge in [-0.15, -0.1) is 0 Å². The quantitative estimate of drug-likeness (QED) is 0.675. The normalized spacial score (nSPS) is 23.5. The molecular weight excluding hydrogens is 266 g/mol. The van der Waals surface area contributed by atoms with Gasteiger partial charge < -0.3 is 4.90 Å². The second-order valence-corrected chi connectivity index (χ2v) is 6.73. The Labute approximate surface area is 133 Å². The highest BCUT2D eigenvalue weighted by molar-refractivity contribution is 5.81. The lowest BCUT2D eigenvalue weighted by atomic mass is 9.95. The maximum absolute atomic E-state index is 2.50. The van der Waals surface area contributed by atoms with Crippen molar-refractivity contribution in [3.8, 4) is 0 Å². The number of nitrogens with zero attached hydrogens (tertiary/aromatic N) is 1. The van der Waals surface area contributed by atoms with Crippen LogP contribution in [0.15, 0.2) is 48.5 Å². The van der Waals surface area contributed by atoms with Crippen molar-refractivity contribution in [2.24, 2.45) is 0 Å². The van der Waals surface area contributed by atoms with Crippen LogP contribution in [0.2, 0.25) is 0 Å².